The minimum atomic E-state index is -0.0185. The smallest absolute Gasteiger partial charge is 0.224 e. The average Bonchev–Trinajstić information content (AvgIpc) is 2.49. The molecule has 2 aromatic rings. The van der Waals surface area contributed by atoms with Gasteiger partial charge < -0.3 is 10.6 Å². The van der Waals surface area contributed by atoms with Gasteiger partial charge in [-0.2, -0.15) is 0 Å². The van der Waals surface area contributed by atoms with Gasteiger partial charge in [-0.3, -0.25) is 14.8 Å². The molecule has 0 aliphatic heterocycles. The fourth-order valence-corrected chi connectivity index (χ4v) is 2.15. The Morgan fingerprint density at radius 1 is 1.38 bits per heavy atom. The second-order valence-electron chi connectivity index (χ2n) is 4.69. The van der Waals surface area contributed by atoms with Crippen LogP contribution in [0.1, 0.15) is 26.2 Å². The minimum Gasteiger partial charge on any atom is -0.381 e. The Balaban J connectivity index is 2.33. The molecule has 1 amide bonds. The average molecular weight is 307 g/mol. The van der Waals surface area contributed by atoms with Crippen molar-refractivity contribution in [3.8, 4) is 0 Å². The third kappa shape index (κ3) is 4.04. The van der Waals surface area contributed by atoms with E-state index < -0.39 is 0 Å². The van der Waals surface area contributed by atoms with Crippen LogP contribution in [0.15, 0.2) is 24.5 Å². The normalized spacial score (nSPS) is 10.6. The van der Waals surface area contributed by atoms with Crippen LogP contribution in [0.3, 0.4) is 0 Å². The van der Waals surface area contributed by atoms with Crippen LogP contribution >= 0.6 is 11.6 Å². The fraction of sp³-hybridized carbons (Fsp3) is 0.400. The number of anilines is 2. The summed E-state index contributed by atoms with van der Waals surface area (Å²) in [7, 11) is 0. The first kappa shape index (κ1) is 15.5. The van der Waals surface area contributed by atoms with Crippen LogP contribution in [0.2, 0.25) is 0 Å². The largest absolute Gasteiger partial charge is 0.381 e. The summed E-state index contributed by atoms with van der Waals surface area (Å²) in [6, 6.07) is 3.74. The summed E-state index contributed by atoms with van der Waals surface area (Å²) in [4.78, 5) is 20.5. The summed E-state index contributed by atoms with van der Waals surface area (Å²) in [6.07, 6.45) is 5.51. The highest BCUT2D eigenvalue weighted by atomic mass is 35.5. The monoisotopic (exact) mass is 306 g/mol. The first-order chi connectivity index (χ1) is 10.3. The summed E-state index contributed by atoms with van der Waals surface area (Å²) in [5.41, 5.74) is 3.00. The SMILES string of the molecule is CCCC(=O)Nc1cnc2cccnc2c1NCCCCl. The lowest BCUT2D eigenvalue weighted by Gasteiger charge is -2.14. The molecule has 2 aromatic heterocycles. The molecule has 0 spiro atoms. The van der Waals surface area contributed by atoms with E-state index in [-0.39, 0.29) is 5.91 Å². The Labute approximate surface area is 129 Å². The van der Waals surface area contributed by atoms with Crippen molar-refractivity contribution in [1.82, 2.24) is 9.97 Å². The van der Waals surface area contributed by atoms with Gasteiger partial charge in [0.15, 0.2) is 0 Å². The summed E-state index contributed by atoms with van der Waals surface area (Å²) in [5.74, 6) is 0.566. The van der Waals surface area contributed by atoms with Gasteiger partial charge in [0.05, 0.1) is 23.1 Å². The molecule has 0 unspecified atom stereocenters. The van der Waals surface area contributed by atoms with E-state index in [2.05, 4.69) is 20.6 Å². The molecule has 2 rings (SSSR count). The van der Waals surface area contributed by atoms with Crippen LogP contribution in [0.25, 0.3) is 11.0 Å². The molecular formula is C15H19ClN4O. The molecule has 0 aliphatic carbocycles. The van der Waals surface area contributed by atoms with Gasteiger partial charge in [0, 0.05) is 25.0 Å². The van der Waals surface area contributed by atoms with E-state index in [0.717, 1.165) is 36.1 Å². The summed E-state index contributed by atoms with van der Waals surface area (Å²) in [6.45, 7) is 2.69. The maximum absolute atomic E-state index is 11.8. The van der Waals surface area contributed by atoms with Crippen LogP contribution in [0.5, 0.6) is 0 Å². The maximum Gasteiger partial charge on any atom is 0.224 e. The number of alkyl halides is 1. The van der Waals surface area contributed by atoms with Crippen molar-refractivity contribution in [2.45, 2.75) is 26.2 Å². The summed E-state index contributed by atoms with van der Waals surface area (Å²) in [5, 5.41) is 6.20. The van der Waals surface area contributed by atoms with Gasteiger partial charge >= 0.3 is 0 Å². The molecule has 21 heavy (non-hydrogen) atoms. The number of fused-ring (bicyclic) bond motifs is 1. The molecule has 0 fully saturated rings. The van der Waals surface area contributed by atoms with Gasteiger partial charge in [0.1, 0.15) is 5.52 Å². The number of halogens is 1. The second kappa shape index (κ2) is 7.78. The molecule has 0 radical (unpaired) electrons. The van der Waals surface area contributed by atoms with Gasteiger partial charge in [-0.25, -0.2) is 0 Å². The zero-order chi connectivity index (χ0) is 15.1. The molecule has 0 bridgehead atoms. The lowest BCUT2D eigenvalue weighted by molar-refractivity contribution is -0.116. The number of hydrogen-bond donors (Lipinski definition) is 2. The van der Waals surface area contributed by atoms with Gasteiger partial charge in [-0.1, -0.05) is 6.92 Å². The van der Waals surface area contributed by atoms with Crippen LogP contribution in [0, 0.1) is 0 Å². The standard InChI is InChI=1S/C15H19ClN4O/c1-2-5-13(21)20-12-10-19-11-6-3-8-17-14(11)15(12)18-9-4-7-16/h3,6,8,10H,2,4-5,7,9H2,1H3,(H,18,19)(H,20,21). The lowest BCUT2D eigenvalue weighted by Crippen LogP contribution is -2.14. The minimum absolute atomic E-state index is 0.0185. The number of pyridine rings is 2. The highest BCUT2D eigenvalue weighted by Gasteiger charge is 2.11. The molecule has 0 saturated carbocycles. The third-order valence-electron chi connectivity index (χ3n) is 2.99. The van der Waals surface area contributed by atoms with Gasteiger partial charge in [0.25, 0.3) is 0 Å². The Morgan fingerprint density at radius 2 is 2.24 bits per heavy atom. The van der Waals surface area contributed by atoms with Crippen molar-refractivity contribution >= 4 is 39.9 Å². The highest BCUT2D eigenvalue weighted by Crippen LogP contribution is 2.28. The Bertz CT molecular complexity index is 618. The number of carbonyl (C=O) groups excluding carboxylic acids is 1. The van der Waals surface area contributed by atoms with E-state index in [1.807, 2.05) is 19.1 Å². The molecule has 0 aromatic carbocycles. The van der Waals surface area contributed by atoms with Crippen LogP contribution < -0.4 is 10.6 Å². The van der Waals surface area contributed by atoms with E-state index in [0.29, 0.717) is 18.0 Å². The molecular weight excluding hydrogens is 288 g/mol. The first-order valence-electron chi connectivity index (χ1n) is 7.09. The zero-order valence-electron chi connectivity index (χ0n) is 12.0. The second-order valence-corrected chi connectivity index (χ2v) is 5.06. The van der Waals surface area contributed by atoms with Crippen LogP contribution in [0.4, 0.5) is 11.4 Å². The van der Waals surface area contributed by atoms with Crippen molar-refractivity contribution in [2.75, 3.05) is 23.1 Å². The Kier molecular flexibility index (Phi) is 5.75. The predicted molar refractivity (Wildman–Crippen MR) is 86.9 cm³/mol. The quantitative estimate of drug-likeness (QED) is 0.607. The maximum atomic E-state index is 11.8. The fourth-order valence-electron chi connectivity index (χ4n) is 2.01. The Hall–Kier alpha value is -1.88. The van der Waals surface area contributed by atoms with Gasteiger partial charge in [0.2, 0.25) is 5.91 Å². The predicted octanol–water partition coefficient (Wildman–Crippen LogP) is 3.41. The van der Waals surface area contributed by atoms with E-state index in [1.165, 1.54) is 0 Å². The third-order valence-corrected chi connectivity index (χ3v) is 3.26. The summed E-state index contributed by atoms with van der Waals surface area (Å²) < 4.78 is 0. The number of amides is 1. The van der Waals surface area contributed by atoms with Gasteiger partial charge in [-0.15, -0.1) is 11.6 Å². The van der Waals surface area contributed by atoms with E-state index in [9.17, 15) is 4.79 Å². The number of carbonyl (C=O) groups is 1. The van der Waals surface area contributed by atoms with Crippen molar-refractivity contribution in [1.29, 1.82) is 0 Å². The van der Waals surface area contributed by atoms with Crippen molar-refractivity contribution in [2.24, 2.45) is 0 Å². The number of nitrogens with one attached hydrogen (secondary N) is 2. The molecule has 6 heteroatoms. The van der Waals surface area contributed by atoms with Crippen molar-refractivity contribution < 1.29 is 4.79 Å². The summed E-state index contributed by atoms with van der Waals surface area (Å²) >= 11 is 5.71. The molecule has 0 saturated heterocycles. The topological polar surface area (TPSA) is 66.9 Å². The number of nitrogens with zero attached hydrogens (tertiary/aromatic N) is 2. The van der Waals surface area contributed by atoms with Crippen molar-refractivity contribution in [3.63, 3.8) is 0 Å². The van der Waals surface area contributed by atoms with E-state index in [1.54, 1.807) is 12.4 Å². The Morgan fingerprint density at radius 3 is 3.00 bits per heavy atom. The van der Waals surface area contributed by atoms with Crippen molar-refractivity contribution in [3.05, 3.63) is 24.5 Å². The van der Waals surface area contributed by atoms with Crippen LogP contribution in [-0.2, 0) is 4.79 Å². The molecule has 5 nitrogen and oxygen atoms in total. The lowest BCUT2D eigenvalue weighted by atomic mass is 10.2. The molecule has 0 atom stereocenters. The molecule has 0 aliphatic rings. The highest BCUT2D eigenvalue weighted by molar-refractivity contribution is 6.17. The first-order valence-corrected chi connectivity index (χ1v) is 7.63. The number of aromatic nitrogens is 2. The van der Waals surface area contributed by atoms with E-state index >= 15 is 0 Å². The van der Waals surface area contributed by atoms with Gasteiger partial charge in [-0.05, 0) is 25.0 Å². The molecule has 2 heterocycles. The molecule has 112 valence electrons. The van der Waals surface area contributed by atoms with Crippen LogP contribution in [-0.4, -0.2) is 28.3 Å². The van der Waals surface area contributed by atoms with E-state index in [4.69, 9.17) is 11.6 Å². The number of rotatable bonds is 7. The molecule has 2 N–H and O–H groups in total. The zero-order valence-corrected chi connectivity index (χ0v) is 12.8. The number of hydrogen-bond acceptors (Lipinski definition) is 4.